The molecule has 0 amide bonds. The predicted molar refractivity (Wildman–Crippen MR) is 71.7 cm³/mol. The van der Waals surface area contributed by atoms with Gasteiger partial charge in [-0.05, 0) is 20.4 Å². The average Bonchev–Trinajstić information content (AvgIpc) is 2.36. The summed E-state index contributed by atoms with van der Waals surface area (Å²) in [4.78, 5) is 14.1. The summed E-state index contributed by atoms with van der Waals surface area (Å²) < 4.78 is 4.93. The predicted octanol–water partition coefficient (Wildman–Crippen LogP) is 0.605. The molecule has 0 saturated heterocycles. The molecule has 1 unspecified atom stereocenters. The van der Waals surface area contributed by atoms with E-state index in [1.54, 1.807) is 0 Å². The van der Waals surface area contributed by atoms with Gasteiger partial charge in [-0.25, -0.2) is 0 Å². The topological polar surface area (TPSA) is 89.2 Å². The maximum atomic E-state index is 5.54. The molecule has 0 fully saturated rings. The van der Waals surface area contributed by atoms with E-state index in [9.17, 15) is 0 Å². The lowest BCUT2D eigenvalue weighted by atomic mass is 10.2. The number of likely N-dealkylation sites (N-methyl/N-ethyl adjacent to an activating group) is 1. The summed E-state index contributed by atoms with van der Waals surface area (Å²) in [5, 5.41) is 3.11. The Hall–Kier alpha value is -1.63. The van der Waals surface area contributed by atoms with E-state index in [1.165, 1.54) is 7.11 Å². The lowest BCUT2D eigenvalue weighted by molar-refractivity contribution is 0.261. The Morgan fingerprint density at radius 1 is 1.39 bits per heavy atom. The van der Waals surface area contributed by atoms with Crippen LogP contribution in [0.5, 0.6) is 6.01 Å². The lowest BCUT2D eigenvalue weighted by Gasteiger charge is -2.23. The van der Waals surface area contributed by atoms with Crippen molar-refractivity contribution in [3.63, 3.8) is 0 Å². The number of methoxy groups -OCH3 is 1. The summed E-state index contributed by atoms with van der Waals surface area (Å²) in [6.07, 6.45) is 1.13. The molecule has 1 rings (SSSR count). The zero-order valence-electron chi connectivity index (χ0n) is 11.5. The number of nitrogens with zero attached hydrogens (tertiary/aromatic N) is 4. The number of anilines is 2. The van der Waals surface area contributed by atoms with Gasteiger partial charge in [0.05, 0.1) is 7.11 Å². The number of nitrogen functional groups attached to an aromatic ring is 1. The van der Waals surface area contributed by atoms with Crippen LogP contribution in [0.2, 0.25) is 0 Å². The second-order valence-corrected chi connectivity index (χ2v) is 4.17. The fourth-order valence-corrected chi connectivity index (χ4v) is 1.42. The highest BCUT2D eigenvalue weighted by atomic mass is 16.5. The minimum absolute atomic E-state index is 0.152. The first kappa shape index (κ1) is 14.4. The van der Waals surface area contributed by atoms with Gasteiger partial charge >= 0.3 is 6.01 Å². The maximum absolute atomic E-state index is 5.54. The summed E-state index contributed by atoms with van der Waals surface area (Å²) in [7, 11) is 3.59. The largest absolute Gasteiger partial charge is 0.467 e. The van der Waals surface area contributed by atoms with E-state index < -0.39 is 0 Å². The van der Waals surface area contributed by atoms with E-state index in [-0.39, 0.29) is 12.0 Å². The number of ether oxygens (including phenoxy) is 1. The first-order valence-electron chi connectivity index (χ1n) is 6.06. The van der Waals surface area contributed by atoms with Gasteiger partial charge < -0.3 is 20.7 Å². The number of nitrogens with two attached hydrogens (primary N) is 1. The standard InChI is InChI=1S/C11H22N6O/c1-5-8(2)17(3)7-6-13-10-14-9(12)15-11(16-10)18-4/h8H,5-7H2,1-4H3,(H3,12,13,14,15,16). The molecule has 0 spiro atoms. The van der Waals surface area contributed by atoms with Gasteiger partial charge in [-0.15, -0.1) is 0 Å². The molecule has 1 aromatic rings. The minimum Gasteiger partial charge on any atom is -0.467 e. The molecule has 18 heavy (non-hydrogen) atoms. The third-order valence-electron chi connectivity index (χ3n) is 2.91. The van der Waals surface area contributed by atoms with Gasteiger partial charge in [-0.3, -0.25) is 0 Å². The molecule has 0 radical (unpaired) electrons. The molecular formula is C11H22N6O. The van der Waals surface area contributed by atoms with E-state index in [2.05, 4.69) is 46.1 Å². The summed E-state index contributed by atoms with van der Waals surface area (Å²) in [6, 6.07) is 0.782. The Labute approximate surface area is 108 Å². The van der Waals surface area contributed by atoms with Gasteiger partial charge in [0.1, 0.15) is 0 Å². The van der Waals surface area contributed by atoms with Gasteiger partial charge in [0, 0.05) is 19.1 Å². The Morgan fingerprint density at radius 2 is 2.11 bits per heavy atom. The van der Waals surface area contributed by atoms with E-state index in [0.29, 0.717) is 12.0 Å². The molecule has 0 aliphatic carbocycles. The molecule has 0 aliphatic heterocycles. The van der Waals surface area contributed by atoms with Crippen LogP contribution in [0.25, 0.3) is 0 Å². The van der Waals surface area contributed by atoms with Crippen molar-refractivity contribution in [2.75, 3.05) is 38.3 Å². The SMILES string of the molecule is CCC(C)N(C)CCNc1nc(N)nc(OC)n1. The Morgan fingerprint density at radius 3 is 2.72 bits per heavy atom. The van der Waals surface area contributed by atoms with Crippen molar-refractivity contribution in [1.29, 1.82) is 0 Å². The van der Waals surface area contributed by atoms with Gasteiger partial charge in [0.25, 0.3) is 0 Å². The quantitative estimate of drug-likeness (QED) is 0.736. The lowest BCUT2D eigenvalue weighted by Crippen LogP contribution is -2.33. The van der Waals surface area contributed by atoms with Crippen molar-refractivity contribution in [3.8, 4) is 6.01 Å². The number of nitrogens with one attached hydrogen (secondary N) is 1. The van der Waals surface area contributed by atoms with Crippen LogP contribution in [0.15, 0.2) is 0 Å². The van der Waals surface area contributed by atoms with Crippen LogP contribution in [0.4, 0.5) is 11.9 Å². The Kier molecular flexibility index (Phi) is 5.57. The van der Waals surface area contributed by atoms with Crippen molar-refractivity contribution >= 4 is 11.9 Å². The molecule has 102 valence electrons. The van der Waals surface area contributed by atoms with Crippen LogP contribution in [-0.2, 0) is 0 Å². The molecular weight excluding hydrogens is 232 g/mol. The van der Waals surface area contributed by atoms with Crippen LogP contribution in [0.3, 0.4) is 0 Å². The number of hydrogen-bond acceptors (Lipinski definition) is 7. The van der Waals surface area contributed by atoms with Crippen molar-refractivity contribution in [1.82, 2.24) is 19.9 Å². The second-order valence-electron chi connectivity index (χ2n) is 4.17. The van der Waals surface area contributed by atoms with Gasteiger partial charge in [-0.1, -0.05) is 6.92 Å². The third-order valence-corrected chi connectivity index (χ3v) is 2.91. The number of hydrogen-bond donors (Lipinski definition) is 2. The first-order chi connectivity index (χ1) is 8.56. The molecule has 7 nitrogen and oxygen atoms in total. The van der Waals surface area contributed by atoms with Crippen LogP contribution in [-0.4, -0.2) is 53.1 Å². The monoisotopic (exact) mass is 254 g/mol. The smallest absolute Gasteiger partial charge is 0.322 e. The molecule has 7 heteroatoms. The second kappa shape index (κ2) is 6.95. The summed E-state index contributed by atoms with van der Waals surface area (Å²) >= 11 is 0. The van der Waals surface area contributed by atoms with Crippen molar-refractivity contribution in [2.45, 2.75) is 26.3 Å². The van der Waals surface area contributed by atoms with Crippen LogP contribution >= 0.6 is 0 Å². The summed E-state index contributed by atoms with van der Waals surface area (Å²) in [5.74, 6) is 0.594. The molecule has 3 N–H and O–H groups in total. The van der Waals surface area contributed by atoms with Crippen LogP contribution in [0.1, 0.15) is 20.3 Å². The highest BCUT2D eigenvalue weighted by molar-refractivity contribution is 5.32. The normalized spacial score (nSPS) is 12.5. The van der Waals surface area contributed by atoms with Crippen molar-refractivity contribution in [2.24, 2.45) is 0 Å². The molecule has 1 atom stereocenters. The van der Waals surface area contributed by atoms with E-state index in [4.69, 9.17) is 10.5 Å². The number of aromatic nitrogens is 3. The Balaban J connectivity index is 2.46. The zero-order chi connectivity index (χ0) is 13.5. The van der Waals surface area contributed by atoms with Crippen molar-refractivity contribution < 1.29 is 4.74 Å². The summed E-state index contributed by atoms with van der Waals surface area (Å²) in [6.45, 7) is 6.02. The van der Waals surface area contributed by atoms with Crippen molar-refractivity contribution in [3.05, 3.63) is 0 Å². The Bertz CT molecular complexity index is 373. The number of rotatable bonds is 7. The molecule has 1 aromatic heterocycles. The van der Waals surface area contributed by atoms with E-state index in [1.807, 2.05) is 0 Å². The maximum Gasteiger partial charge on any atom is 0.322 e. The van der Waals surface area contributed by atoms with E-state index >= 15 is 0 Å². The summed E-state index contributed by atoms with van der Waals surface area (Å²) in [5.41, 5.74) is 5.54. The fraction of sp³-hybridized carbons (Fsp3) is 0.727. The van der Waals surface area contributed by atoms with Gasteiger partial charge in [-0.2, -0.15) is 15.0 Å². The molecule has 0 saturated carbocycles. The van der Waals surface area contributed by atoms with Crippen LogP contribution in [0, 0.1) is 0 Å². The van der Waals surface area contributed by atoms with Gasteiger partial charge in [0.15, 0.2) is 0 Å². The highest BCUT2D eigenvalue weighted by Crippen LogP contribution is 2.07. The fourth-order valence-electron chi connectivity index (χ4n) is 1.42. The molecule has 0 aliphatic rings. The zero-order valence-corrected chi connectivity index (χ0v) is 11.5. The first-order valence-corrected chi connectivity index (χ1v) is 6.06. The highest BCUT2D eigenvalue weighted by Gasteiger charge is 2.07. The van der Waals surface area contributed by atoms with Crippen LogP contribution < -0.4 is 15.8 Å². The van der Waals surface area contributed by atoms with Gasteiger partial charge in [0.2, 0.25) is 11.9 Å². The average molecular weight is 254 g/mol. The molecule has 0 bridgehead atoms. The molecule has 1 heterocycles. The van der Waals surface area contributed by atoms with E-state index in [0.717, 1.165) is 19.5 Å². The third kappa shape index (κ3) is 4.33. The minimum atomic E-state index is 0.152. The molecule has 0 aromatic carbocycles.